The van der Waals surface area contributed by atoms with Crippen molar-refractivity contribution in [1.82, 2.24) is 0 Å². The van der Waals surface area contributed by atoms with Crippen molar-refractivity contribution in [2.75, 3.05) is 5.32 Å². The molecule has 0 atom stereocenters. The molecule has 21 heavy (non-hydrogen) atoms. The maximum absolute atomic E-state index is 12.5. The van der Waals surface area contributed by atoms with Gasteiger partial charge in [-0.15, -0.1) is 11.3 Å². The Morgan fingerprint density at radius 2 is 2.05 bits per heavy atom. The van der Waals surface area contributed by atoms with E-state index in [9.17, 15) is 18.0 Å². The molecule has 1 heterocycles. The van der Waals surface area contributed by atoms with Crippen molar-refractivity contribution in [2.45, 2.75) is 12.7 Å². The van der Waals surface area contributed by atoms with Crippen molar-refractivity contribution in [3.05, 3.63) is 50.7 Å². The van der Waals surface area contributed by atoms with Crippen molar-refractivity contribution in [3.63, 3.8) is 0 Å². The van der Waals surface area contributed by atoms with E-state index in [1.807, 2.05) is 0 Å². The Morgan fingerprint density at radius 1 is 1.33 bits per heavy atom. The lowest BCUT2D eigenvalue weighted by Crippen LogP contribution is -2.09. The Kier molecular flexibility index (Phi) is 4.43. The number of carbonyl (C=O) groups excluding carboxylic acids is 1. The van der Waals surface area contributed by atoms with Crippen molar-refractivity contribution in [3.8, 4) is 0 Å². The number of carbonyl (C=O) groups is 1. The smallest absolute Gasteiger partial charge is 0.379 e. The topological polar surface area (TPSA) is 55.1 Å². The fourth-order valence-corrected chi connectivity index (χ4v) is 2.68. The Balaban J connectivity index is 2.08. The molecule has 8 heteroatoms. The molecule has 0 fully saturated rings. The zero-order valence-electron chi connectivity index (χ0n) is 10.5. The second-order valence-electron chi connectivity index (χ2n) is 4.21. The summed E-state index contributed by atoms with van der Waals surface area (Å²) in [4.78, 5) is 11.8. The summed E-state index contributed by atoms with van der Waals surface area (Å²) in [5.74, 6) is -0.523. The van der Waals surface area contributed by atoms with Crippen LogP contribution in [0, 0.1) is 0 Å². The summed E-state index contributed by atoms with van der Waals surface area (Å²) in [6.45, 7) is 0.336. The van der Waals surface area contributed by atoms with E-state index >= 15 is 0 Å². The van der Waals surface area contributed by atoms with Crippen LogP contribution in [-0.4, -0.2) is 5.91 Å². The standard InChI is InChI=1S/C13H10ClF3N2OS/c14-10-4-8(13(15,16)17)1-2-11(10)19-5-9-3-7(6-21-9)12(18)20/h1-4,6,19H,5H2,(H2,18,20). The lowest BCUT2D eigenvalue weighted by atomic mass is 10.2. The molecule has 0 unspecified atom stereocenters. The van der Waals surface area contributed by atoms with Crippen LogP contribution in [0.25, 0.3) is 0 Å². The predicted octanol–water partition coefficient (Wildman–Crippen LogP) is 4.13. The number of rotatable bonds is 4. The summed E-state index contributed by atoms with van der Waals surface area (Å²) in [6, 6.07) is 4.72. The molecule has 0 aliphatic carbocycles. The molecule has 0 spiro atoms. The third kappa shape index (κ3) is 3.89. The molecule has 1 aromatic carbocycles. The summed E-state index contributed by atoms with van der Waals surface area (Å²) >= 11 is 7.15. The van der Waals surface area contributed by atoms with Gasteiger partial charge < -0.3 is 11.1 Å². The highest BCUT2D eigenvalue weighted by molar-refractivity contribution is 7.10. The quantitative estimate of drug-likeness (QED) is 0.883. The fourth-order valence-electron chi connectivity index (χ4n) is 1.62. The van der Waals surface area contributed by atoms with Crippen LogP contribution in [-0.2, 0) is 12.7 Å². The molecular weight excluding hydrogens is 325 g/mol. The van der Waals surface area contributed by atoms with Gasteiger partial charge >= 0.3 is 6.18 Å². The third-order valence-corrected chi connectivity index (χ3v) is 3.94. The largest absolute Gasteiger partial charge is 0.416 e. The molecule has 2 aromatic rings. The van der Waals surface area contributed by atoms with Gasteiger partial charge in [0.05, 0.1) is 21.8 Å². The number of primary amides is 1. The molecule has 1 aromatic heterocycles. The van der Waals surface area contributed by atoms with E-state index < -0.39 is 17.6 Å². The summed E-state index contributed by atoms with van der Waals surface area (Å²) in [5, 5.41) is 4.52. The van der Waals surface area contributed by atoms with Gasteiger partial charge in [-0.05, 0) is 24.3 Å². The number of nitrogens with one attached hydrogen (secondary N) is 1. The lowest BCUT2D eigenvalue weighted by molar-refractivity contribution is -0.137. The molecule has 112 valence electrons. The normalized spacial score (nSPS) is 11.4. The average molecular weight is 335 g/mol. The van der Waals surface area contributed by atoms with Gasteiger partial charge in [-0.25, -0.2) is 0 Å². The van der Waals surface area contributed by atoms with E-state index in [1.165, 1.54) is 17.4 Å². The number of hydrogen-bond donors (Lipinski definition) is 2. The molecule has 3 N–H and O–H groups in total. The SMILES string of the molecule is NC(=O)c1csc(CNc2ccc(C(F)(F)F)cc2Cl)c1. The molecule has 2 rings (SSSR count). The summed E-state index contributed by atoms with van der Waals surface area (Å²) in [6.07, 6.45) is -4.42. The minimum absolute atomic E-state index is 0.0171. The van der Waals surface area contributed by atoms with Crippen LogP contribution in [0.1, 0.15) is 20.8 Å². The van der Waals surface area contributed by atoms with Gasteiger partial charge in [0.1, 0.15) is 0 Å². The van der Waals surface area contributed by atoms with Crippen molar-refractivity contribution >= 4 is 34.5 Å². The highest BCUT2D eigenvalue weighted by Gasteiger charge is 2.30. The van der Waals surface area contributed by atoms with E-state index in [0.717, 1.165) is 17.0 Å². The maximum atomic E-state index is 12.5. The van der Waals surface area contributed by atoms with Crippen molar-refractivity contribution in [2.24, 2.45) is 5.73 Å². The minimum atomic E-state index is -4.42. The first kappa shape index (κ1) is 15.7. The fraction of sp³-hybridized carbons (Fsp3) is 0.154. The highest BCUT2D eigenvalue weighted by atomic mass is 35.5. The first-order valence-corrected chi connectivity index (χ1v) is 7.01. The van der Waals surface area contributed by atoms with E-state index in [-0.39, 0.29) is 5.02 Å². The van der Waals surface area contributed by atoms with Gasteiger partial charge in [-0.2, -0.15) is 13.2 Å². The number of halogens is 4. The van der Waals surface area contributed by atoms with Gasteiger partial charge in [0.25, 0.3) is 0 Å². The van der Waals surface area contributed by atoms with Crippen LogP contribution in [0.15, 0.2) is 29.6 Å². The Morgan fingerprint density at radius 3 is 2.57 bits per heavy atom. The summed E-state index contributed by atoms with van der Waals surface area (Å²) < 4.78 is 37.5. The number of benzene rings is 1. The molecular formula is C13H10ClF3N2OS. The number of amides is 1. The van der Waals surface area contributed by atoms with Gasteiger partial charge in [0, 0.05) is 16.8 Å². The van der Waals surface area contributed by atoms with Crippen molar-refractivity contribution < 1.29 is 18.0 Å². The molecule has 0 aliphatic heterocycles. The van der Waals surface area contributed by atoms with Crippen LogP contribution in [0.5, 0.6) is 0 Å². The molecule has 0 radical (unpaired) electrons. The number of hydrogen-bond acceptors (Lipinski definition) is 3. The van der Waals surface area contributed by atoms with Gasteiger partial charge in [0.2, 0.25) is 5.91 Å². The van der Waals surface area contributed by atoms with Gasteiger partial charge in [0.15, 0.2) is 0 Å². The highest BCUT2D eigenvalue weighted by Crippen LogP contribution is 2.34. The van der Waals surface area contributed by atoms with E-state index in [1.54, 1.807) is 11.4 Å². The Bertz CT molecular complexity index is 670. The van der Waals surface area contributed by atoms with E-state index in [2.05, 4.69) is 5.32 Å². The Hall–Kier alpha value is -1.73. The molecule has 1 amide bonds. The van der Waals surface area contributed by atoms with E-state index in [0.29, 0.717) is 17.8 Å². The zero-order chi connectivity index (χ0) is 15.6. The van der Waals surface area contributed by atoms with Crippen LogP contribution >= 0.6 is 22.9 Å². The summed E-state index contributed by atoms with van der Waals surface area (Å²) in [5.41, 5.74) is 5.12. The monoisotopic (exact) mass is 334 g/mol. The van der Waals surface area contributed by atoms with Gasteiger partial charge in [-0.3, -0.25) is 4.79 Å². The minimum Gasteiger partial charge on any atom is -0.379 e. The maximum Gasteiger partial charge on any atom is 0.416 e. The van der Waals surface area contributed by atoms with Crippen LogP contribution < -0.4 is 11.1 Å². The number of anilines is 1. The van der Waals surface area contributed by atoms with Crippen LogP contribution in [0.4, 0.5) is 18.9 Å². The molecule has 3 nitrogen and oxygen atoms in total. The molecule has 0 saturated heterocycles. The molecule has 0 aliphatic rings. The average Bonchev–Trinajstić information content (AvgIpc) is 2.85. The zero-order valence-corrected chi connectivity index (χ0v) is 12.1. The first-order chi connectivity index (χ1) is 9.77. The number of nitrogens with two attached hydrogens (primary N) is 1. The lowest BCUT2D eigenvalue weighted by Gasteiger charge is -2.11. The first-order valence-electron chi connectivity index (χ1n) is 5.75. The van der Waals surface area contributed by atoms with Crippen molar-refractivity contribution in [1.29, 1.82) is 0 Å². The second-order valence-corrected chi connectivity index (χ2v) is 5.61. The van der Waals surface area contributed by atoms with Crippen LogP contribution in [0.2, 0.25) is 5.02 Å². The number of alkyl halides is 3. The molecule has 0 bridgehead atoms. The number of thiophene rings is 1. The van der Waals surface area contributed by atoms with E-state index in [4.69, 9.17) is 17.3 Å². The molecule has 0 saturated carbocycles. The Labute approximate surface area is 127 Å². The predicted molar refractivity (Wildman–Crippen MR) is 76.6 cm³/mol. The third-order valence-electron chi connectivity index (χ3n) is 2.69. The van der Waals surface area contributed by atoms with Gasteiger partial charge in [-0.1, -0.05) is 11.6 Å². The van der Waals surface area contributed by atoms with Crippen LogP contribution in [0.3, 0.4) is 0 Å². The summed E-state index contributed by atoms with van der Waals surface area (Å²) in [7, 11) is 0. The second kappa shape index (κ2) is 5.95.